The van der Waals surface area contributed by atoms with E-state index in [2.05, 4.69) is 45.7 Å². The summed E-state index contributed by atoms with van der Waals surface area (Å²) in [7, 11) is 1.93. The molecular formula is C14H31NO3Si. The van der Waals surface area contributed by atoms with Gasteiger partial charge in [0.2, 0.25) is 0 Å². The first-order valence-electron chi connectivity index (χ1n) is 6.99. The molecule has 114 valence electrons. The molecule has 0 radical (unpaired) electrons. The second kappa shape index (κ2) is 6.86. The molecule has 0 aromatic carbocycles. The van der Waals surface area contributed by atoms with Gasteiger partial charge in [-0.2, -0.15) is 0 Å². The highest BCUT2D eigenvalue weighted by Crippen LogP contribution is 2.37. The lowest BCUT2D eigenvalue weighted by atomic mass is 10.1. The highest BCUT2D eigenvalue weighted by atomic mass is 28.4. The molecule has 0 bridgehead atoms. The monoisotopic (exact) mass is 289 g/mol. The summed E-state index contributed by atoms with van der Waals surface area (Å²) in [4.78, 5) is 13.5. The number of hydrogen-bond acceptors (Lipinski definition) is 3. The lowest BCUT2D eigenvalue weighted by Gasteiger charge is -2.39. The first-order chi connectivity index (χ1) is 8.42. The minimum Gasteiger partial charge on any atom is -0.479 e. The van der Waals surface area contributed by atoms with Crippen molar-refractivity contribution in [3.63, 3.8) is 0 Å². The number of aliphatic carboxylic acids is 1. The van der Waals surface area contributed by atoms with Gasteiger partial charge in [0.1, 0.15) is 6.10 Å². The number of carboxylic acid groups (broad SMARTS) is 1. The van der Waals surface area contributed by atoms with Gasteiger partial charge in [-0.05, 0) is 45.1 Å². The quantitative estimate of drug-likeness (QED) is 0.731. The minimum atomic E-state index is -2.04. The average Bonchev–Trinajstić information content (AvgIpc) is 2.21. The van der Waals surface area contributed by atoms with E-state index in [1.807, 2.05) is 14.1 Å². The zero-order valence-electron chi connectivity index (χ0n) is 13.8. The van der Waals surface area contributed by atoms with Crippen LogP contribution < -0.4 is 0 Å². The summed E-state index contributed by atoms with van der Waals surface area (Å²) in [5.41, 5.74) is 0. The van der Waals surface area contributed by atoms with Crippen LogP contribution in [0.25, 0.3) is 0 Å². The molecule has 4 nitrogen and oxygen atoms in total. The Morgan fingerprint density at radius 3 is 2.05 bits per heavy atom. The van der Waals surface area contributed by atoms with E-state index in [0.29, 0.717) is 6.42 Å². The topological polar surface area (TPSA) is 49.8 Å². The Morgan fingerprint density at radius 2 is 1.79 bits per heavy atom. The number of carboxylic acids is 1. The molecular weight excluding hydrogens is 258 g/mol. The van der Waals surface area contributed by atoms with E-state index in [9.17, 15) is 9.90 Å². The van der Waals surface area contributed by atoms with E-state index in [4.69, 9.17) is 4.43 Å². The summed E-state index contributed by atoms with van der Waals surface area (Å²) in [5.74, 6) is -0.842. The predicted molar refractivity (Wildman–Crippen MR) is 82.1 cm³/mol. The van der Waals surface area contributed by atoms with Crippen LogP contribution in [0.3, 0.4) is 0 Å². The Kier molecular flexibility index (Phi) is 6.72. The molecule has 0 saturated carbocycles. The molecule has 0 rings (SSSR count). The van der Waals surface area contributed by atoms with Gasteiger partial charge < -0.3 is 14.4 Å². The van der Waals surface area contributed by atoms with Gasteiger partial charge in [0.05, 0.1) is 0 Å². The van der Waals surface area contributed by atoms with Crippen LogP contribution in [0.2, 0.25) is 18.1 Å². The highest BCUT2D eigenvalue weighted by molar-refractivity contribution is 6.74. The van der Waals surface area contributed by atoms with E-state index in [1.54, 1.807) is 0 Å². The highest BCUT2D eigenvalue weighted by Gasteiger charge is 2.41. The summed E-state index contributed by atoms with van der Waals surface area (Å²) < 4.78 is 6.06. The van der Waals surface area contributed by atoms with Crippen molar-refractivity contribution in [3.8, 4) is 0 Å². The number of carbonyl (C=O) groups is 1. The molecule has 0 aliphatic heterocycles. The number of hydrogen-bond donors (Lipinski definition) is 1. The van der Waals surface area contributed by atoms with Crippen molar-refractivity contribution in [1.29, 1.82) is 0 Å². The third kappa shape index (κ3) is 5.63. The van der Waals surface area contributed by atoms with Gasteiger partial charge in [-0.15, -0.1) is 0 Å². The molecule has 0 aromatic heterocycles. The zero-order chi connectivity index (χ0) is 15.4. The van der Waals surface area contributed by atoms with Gasteiger partial charge >= 0.3 is 5.97 Å². The van der Waals surface area contributed by atoms with Crippen LogP contribution in [0.4, 0.5) is 0 Å². The van der Waals surface area contributed by atoms with Gasteiger partial charge in [0.25, 0.3) is 0 Å². The maximum Gasteiger partial charge on any atom is 0.331 e. The molecule has 0 aliphatic carbocycles. The maximum absolute atomic E-state index is 11.5. The predicted octanol–water partition coefficient (Wildman–Crippen LogP) is 3.19. The molecule has 0 spiro atoms. The minimum absolute atomic E-state index is 0.0283. The van der Waals surface area contributed by atoms with Crippen molar-refractivity contribution in [2.75, 3.05) is 14.1 Å². The number of nitrogens with zero attached hydrogens (tertiary/aromatic N) is 1. The third-order valence-electron chi connectivity index (χ3n) is 4.21. The molecule has 0 heterocycles. The van der Waals surface area contributed by atoms with Crippen LogP contribution in [-0.2, 0) is 9.22 Å². The average molecular weight is 289 g/mol. The fraction of sp³-hybridized carbons (Fsp3) is 0.929. The molecule has 0 fully saturated rings. The van der Waals surface area contributed by atoms with Gasteiger partial charge in [0.15, 0.2) is 8.32 Å². The van der Waals surface area contributed by atoms with Gasteiger partial charge in [-0.1, -0.05) is 27.7 Å². The van der Waals surface area contributed by atoms with Crippen molar-refractivity contribution in [2.45, 2.75) is 70.8 Å². The number of rotatable bonds is 7. The summed E-state index contributed by atoms with van der Waals surface area (Å²) in [6.45, 7) is 12.7. The fourth-order valence-corrected chi connectivity index (χ4v) is 2.98. The Bertz CT molecular complexity index is 298. The van der Waals surface area contributed by atoms with Crippen LogP contribution in [0, 0.1) is 0 Å². The summed E-state index contributed by atoms with van der Waals surface area (Å²) in [6.07, 6.45) is 0.774. The van der Waals surface area contributed by atoms with Gasteiger partial charge in [-0.3, -0.25) is 0 Å². The molecule has 19 heavy (non-hydrogen) atoms. The second-order valence-corrected chi connectivity index (χ2v) is 11.7. The Hall–Kier alpha value is -0.393. The van der Waals surface area contributed by atoms with Crippen LogP contribution in [-0.4, -0.2) is 50.5 Å². The molecule has 0 aromatic rings. The second-order valence-electron chi connectivity index (χ2n) is 6.97. The van der Waals surface area contributed by atoms with E-state index in [0.717, 1.165) is 6.42 Å². The van der Waals surface area contributed by atoms with Crippen LogP contribution in [0.15, 0.2) is 0 Å². The first-order valence-corrected chi connectivity index (χ1v) is 9.90. The summed E-state index contributed by atoms with van der Waals surface area (Å²) in [6, 6.07) is 0.242. The largest absolute Gasteiger partial charge is 0.479 e. The summed E-state index contributed by atoms with van der Waals surface area (Å²) in [5, 5.41) is 9.44. The van der Waals surface area contributed by atoms with Gasteiger partial charge in [0, 0.05) is 6.04 Å². The van der Waals surface area contributed by atoms with E-state index in [-0.39, 0.29) is 11.1 Å². The lowest BCUT2D eigenvalue weighted by Crippen LogP contribution is -2.47. The Balaban J connectivity index is 4.91. The SMILES string of the molecule is CCC(C[C@H](O[Si](C)(C)C(C)(C)C)C(=O)O)N(C)C. The van der Waals surface area contributed by atoms with Crippen LogP contribution in [0.1, 0.15) is 40.5 Å². The third-order valence-corrected chi connectivity index (χ3v) is 8.69. The molecule has 2 atom stereocenters. The van der Waals surface area contributed by atoms with Crippen molar-refractivity contribution < 1.29 is 14.3 Å². The Labute approximate surface area is 119 Å². The molecule has 0 aliphatic rings. The molecule has 0 saturated heterocycles. The van der Waals surface area contributed by atoms with Crippen LogP contribution in [0.5, 0.6) is 0 Å². The standard InChI is InChI=1S/C14H31NO3Si/c1-9-11(15(5)6)10-12(13(16)17)18-19(7,8)14(2,3)4/h11-12H,9-10H2,1-8H3,(H,16,17)/t11?,12-/m0/s1. The normalized spacial score (nSPS) is 16.5. The van der Waals surface area contributed by atoms with Gasteiger partial charge in [-0.25, -0.2) is 4.79 Å². The lowest BCUT2D eigenvalue weighted by molar-refractivity contribution is -0.146. The first kappa shape index (κ1) is 18.6. The van der Waals surface area contributed by atoms with E-state index >= 15 is 0 Å². The van der Waals surface area contributed by atoms with E-state index < -0.39 is 20.4 Å². The smallest absolute Gasteiger partial charge is 0.331 e. The van der Waals surface area contributed by atoms with Crippen molar-refractivity contribution in [1.82, 2.24) is 4.90 Å². The summed E-state index contributed by atoms with van der Waals surface area (Å²) >= 11 is 0. The fourth-order valence-electron chi connectivity index (χ4n) is 1.72. The van der Waals surface area contributed by atoms with E-state index in [1.165, 1.54) is 0 Å². The maximum atomic E-state index is 11.5. The van der Waals surface area contributed by atoms with Crippen molar-refractivity contribution in [2.24, 2.45) is 0 Å². The molecule has 0 amide bonds. The molecule has 1 N–H and O–H groups in total. The van der Waals surface area contributed by atoms with Crippen LogP contribution >= 0.6 is 0 Å². The molecule has 1 unspecified atom stereocenters. The Morgan fingerprint density at radius 1 is 1.32 bits per heavy atom. The van der Waals surface area contributed by atoms with Crippen molar-refractivity contribution >= 4 is 14.3 Å². The zero-order valence-corrected chi connectivity index (χ0v) is 14.8. The molecule has 5 heteroatoms. The van der Waals surface area contributed by atoms with Crippen molar-refractivity contribution in [3.05, 3.63) is 0 Å².